The zero-order valence-corrected chi connectivity index (χ0v) is 12.0. The molecule has 1 rings (SSSR count). The highest BCUT2D eigenvalue weighted by molar-refractivity contribution is 7.90. The van der Waals surface area contributed by atoms with Crippen LogP contribution in [0.4, 0.5) is 0 Å². The summed E-state index contributed by atoms with van der Waals surface area (Å²) < 4.78 is 27.3. The molecule has 0 aliphatic heterocycles. The van der Waals surface area contributed by atoms with Crippen LogP contribution in [0.25, 0.3) is 0 Å². The second kappa shape index (κ2) is 6.86. The van der Waals surface area contributed by atoms with Crippen LogP contribution in [0.2, 0.25) is 0 Å². The van der Waals surface area contributed by atoms with Gasteiger partial charge in [-0.1, -0.05) is 12.1 Å². The molecule has 0 fully saturated rings. The molecule has 1 heterocycles. The van der Waals surface area contributed by atoms with Crippen LogP contribution < -0.4 is 5.32 Å². The van der Waals surface area contributed by atoms with Crippen molar-refractivity contribution in [1.29, 1.82) is 0 Å². The maximum Gasteiger partial charge on any atom is 0.151 e. The van der Waals surface area contributed by atoms with Crippen LogP contribution in [0.5, 0.6) is 0 Å². The van der Waals surface area contributed by atoms with E-state index in [4.69, 9.17) is 4.52 Å². The highest BCUT2D eigenvalue weighted by Gasteiger charge is 2.09. The molecule has 0 aliphatic carbocycles. The first-order valence-corrected chi connectivity index (χ1v) is 7.98. The topological polar surface area (TPSA) is 75.4 Å². The Balaban J connectivity index is 2.39. The Kier molecular flexibility index (Phi) is 5.77. The molecule has 0 aliphatic rings. The summed E-state index contributed by atoms with van der Waals surface area (Å²) in [5, 5.41) is 7.09. The zero-order chi connectivity index (χ0) is 13.6. The first kappa shape index (κ1) is 15.1. The van der Waals surface area contributed by atoms with Gasteiger partial charge in [0.2, 0.25) is 0 Å². The minimum atomic E-state index is -2.92. The summed E-state index contributed by atoms with van der Waals surface area (Å²) in [6, 6.07) is 1.89. The van der Waals surface area contributed by atoms with Crippen LogP contribution in [0.3, 0.4) is 0 Å². The molecule has 0 spiro atoms. The number of aromatic nitrogens is 1. The van der Waals surface area contributed by atoms with E-state index in [2.05, 4.69) is 10.5 Å². The Labute approximate surface area is 108 Å². The van der Waals surface area contributed by atoms with Crippen molar-refractivity contribution in [3.05, 3.63) is 17.5 Å². The average molecular weight is 275 g/mol. The van der Waals surface area contributed by atoms with Crippen molar-refractivity contribution in [2.45, 2.75) is 20.0 Å². The van der Waals surface area contributed by atoms with Crippen molar-refractivity contribution < 1.29 is 12.9 Å². The molecule has 104 valence electrons. The third kappa shape index (κ3) is 6.13. The molecule has 1 N–H and O–H groups in total. The van der Waals surface area contributed by atoms with Gasteiger partial charge in [-0.3, -0.25) is 4.90 Å². The number of rotatable bonds is 8. The van der Waals surface area contributed by atoms with E-state index in [1.54, 1.807) is 0 Å². The molecule has 0 aromatic carbocycles. The van der Waals surface area contributed by atoms with Crippen LogP contribution in [0.1, 0.15) is 18.4 Å². The Morgan fingerprint density at radius 2 is 2.22 bits per heavy atom. The fraction of sp³-hybridized carbons (Fsp3) is 0.727. The second-order valence-corrected chi connectivity index (χ2v) is 6.69. The summed E-state index contributed by atoms with van der Waals surface area (Å²) in [6.07, 6.45) is 1.24. The summed E-state index contributed by atoms with van der Waals surface area (Å²) in [6.45, 7) is 4.65. The van der Waals surface area contributed by atoms with Gasteiger partial charge in [-0.15, -0.1) is 0 Å². The van der Waals surface area contributed by atoms with Crippen molar-refractivity contribution >= 4 is 9.84 Å². The molecule has 0 bridgehead atoms. The van der Waals surface area contributed by atoms with Gasteiger partial charge in [0.05, 0.1) is 18.0 Å². The summed E-state index contributed by atoms with van der Waals surface area (Å²) in [7, 11) is -1.06. The number of nitrogens with one attached hydrogen (secondary N) is 1. The normalized spacial score (nSPS) is 12.2. The van der Waals surface area contributed by atoms with Crippen LogP contribution in [-0.2, 0) is 22.9 Å². The van der Waals surface area contributed by atoms with Crippen molar-refractivity contribution in [3.8, 4) is 0 Å². The first-order valence-electron chi connectivity index (χ1n) is 5.92. The van der Waals surface area contributed by atoms with Crippen molar-refractivity contribution in [2.75, 3.05) is 32.1 Å². The number of hydrogen-bond acceptors (Lipinski definition) is 6. The van der Waals surface area contributed by atoms with E-state index >= 15 is 0 Å². The smallest absolute Gasteiger partial charge is 0.151 e. The maximum atomic E-state index is 11.0. The molecule has 6 nitrogen and oxygen atoms in total. The average Bonchev–Trinajstić information content (AvgIpc) is 2.70. The largest absolute Gasteiger partial charge is 0.360 e. The summed E-state index contributed by atoms with van der Waals surface area (Å²) >= 11 is 0. The highest BCUT2D eigenvalue weighted by atomic mass is 32.2. The number of nitrogens with zero attached hydrogens (tertiary/aromatic N) is 2. The molecule has 1 aromatic heterocycles. The molecule has 0 unspecified atom stereocenters. The molecular formula is C11H21N3O3S. The van der Waals surface area contributed by atoms with Gasteiger partial charge in [0.25, 0.3) is 0 Å². The van der Waals surface area contributed by atoms with E-state index < -0.39 is 9.84 Å². The molecule has 0 amide bonds. The molecule has 1 aromatic rings. The van der Waals surface area contributed by atoms with Gasteiger partial charge in [-0.05, 0) is 13.6 Å². The lowest BCUT2D eigenvalue weighted by Crippen LogP contribution is -2.24. The number of hydrogen-bond donors (Lipinski definition) is 1. The predicted molar refractivity (Wildman–Crippen MR) is 69.9 cm³/mol. The van der Waals surface area contributed by atoms with E-state index in [-0.39, 0.29) is 5.75 Å². The molecule has 0 saturated heterocycles. The Morgan fingerprint density at radius 1 is 1.50 bits per heavy atom. The molecule has 0 saturated carbocycles. The minimum Gasteiger partial charge on any atom is -0.360 e. The highest BCUT2D eigenvalue weighted by Crippen LogP contribution is 2.06. The standard InChI is InChI=1S/C11H21N3O3S/c1-4-12-8-10-7-11(17-13-10)9-14(2)5-6-18(3,15)16/h7,12H,4-6,8-9H2,1-3H3. The van der Waals surface area contributed by atoms with Crippen molar-refractivity contribution in [2.24, 2.45) is 0 Å². The molecule has 7 heteroatoms. The molecule has 18 heavy (non-hydrogen) atoms. The predicted octanol–water partition coefficient (Wildman–Crippen LogP) is 0.261. The molecule has 0 radical (unpaired) electrons. The Bertz CT molecular complexity index is 456. The second-order valence-electron chi connectivity index (χ2n) is 4.43. The monoisotopic (exact) mass is 275 g/mol. The van der Waals surface area contributed by atoms with Gasteiger partial charge in [0.1, 0.15) is 9.84 Å². The van der Waals surface area contributed by atoms with E-state index in [1.165, 1.54) is 6.26 Å². The van der Waals surface area contributed by atoms with E-state index in [0.717, 1.165) is 18.0 Å². The lowest BCUT2D eigenvalue weighted by molar-refractivity contribution is 0.282. The van der Waals surface area contributed by atoms with Gasteiger partial charge >= 0.3 is 0 Å². The third-order valence-electron chi connectivity index (χ3n) is 2.43. The Morgan fingerprint density at radius 3 is 2.83 bits per heavy atom. The zero-order valence-electron chi connectivity index (χ0n) is 11.1. The van der Waals surface area contributed by atoms with E-state index in [1.807, 2.05) is 24.9 Å². The fourth-order valence-electron chi connectivity index (χ4n) is 1.43. The molecular weight excluding hydrogens is 254 g/mol. The van der Waals surface area contributed by atoms with Crippen LogP contribution in [-0.4, -0.2) is 50.6 Å². The van der Waals surface area contributed by atoms with Gasteiger partial charge in [0, 0.05) is 25.4 Å². The van der Waals surface area contributed by atoms with Crippen molar-refractivity contribution in [1.82, 2.24) is 15.4 Å². The van der Waals surface area contributed by atoms with Gasteiger partial charge in [-0.25, -0.2) is 8.42 Å². The number of sulfone groups is 1. The quantitative estimate of drug-likeness (QED) is 0.733. The first-order chi connectivity index (χ1) is 8.40. The summed E-state index contributed by atoms with van der Waals surface area (Å²) in [5.74, 6) is 0.904. The van der Waals surface area contributed by atoms with E-state index in [0.29, 0.717) is 19.6 Å². The van der Waals surface area contributed by atoms with Crippen LogP contribution in [0.15, 0.2) is 10.6 Å². The van der Waals surface area contributed by atoms with Gasteiger partial charge in [-0.2, -0.15) is 0 Å². The van der Waals surface area contributed by atoms with Crippen LogP contribution in [0, 0.1) is 0 Å². The van der Waals surface area contributed by atoms with Crippen molar-refractivity contribution in [3.63, 3.8) is 0 Å². The van der Waals surface area contributed by atoms with Gasteiger partial charge in [0.15, 0.2) is 5.76 Å². The summed E-state index contributed by atoms with van der Waals surface area (Å²) in [5.41, 5.74) is 0.864. The van der Waals surface area contributed by atoms with Crippen LogP contribution >= 0.6 is 0 Å². The lowest BCUT2D eigenvalue weighted by Gasteiger charge is -2.13. The lowest BCUT2D eigenvalue weighted by atomic mass is 10.3. The van der Waals surface area contributed by atoms with E-state index in [9.17, 15) is 8.42 Å². The SMILES string of the molecule is CCNCc1cc(CN(C)CCS(C)(=O)=O)on1. The van der Waals surface area contributed by atoms with Gasteiger partial charge < -0.3 is 9.84 Å². The fourth-order valence-corrected chi connectivity index (χ4v) is 2.08. The third-order valence-corrected chi connectivity index (χ3v) is 3.36. The maximum absolute atomic E-state index is 11.0. The molecule has 0 atom stereocenters. The minimum absolute atomic E-state index is 0.155. The Hall–Kier alpha value is -0.920. The summed E-state index contributed by atoms with van der Waals surface area (Å²) in [4.78, 5) is 1.90.